The zero-order chi connectivity index (χ0) is 12.1. The van der Waals surface area contributed by atoms with Gasteiger partial charge in [-0.15, -0.1) is 0 Å². The van der Waals surface area contributed by atoms with E-state index in [0.717, 1.165) is 12.8 Å². The van der Waals surface area contributed by atoms with Gasteiger partial charge in [0.1, 0.15) is 0 Å². The zero-order valence-electron chi connectivity index (χ0n) is 9.94. The van der Waals surface area contributed by atoms with E-state index in [-0.39, 0.29) is 24.2 Å². The summed E-state index contributed by atoms with van der Waals surface area (Å²) in [6.45, 7) is 4.23. The summed E-state index contributed by atoms with van der Waals surface area (Å²) in [5.74, 6) is -0.582. The van der Waals surface area contributed by atoms with Gasteiger partial charge in [0.15, 0.2) is 0 Å². The molecule has 1 aliphatic rings. The van der Waals surface area contributed by atoms with Crippen molar-refractivity contribution in [3.05, 3.63) is 0 Å². The maximum Gasteiger partial charge on any atom is 0.309 e. The molecule has 0 aliphatic heterocycles. The topological polar surface area (TPSA) is 63.6 Å². The first-order valence-electron chi connectivity index (χ1n) is 5.96. The Kier molecular flexibility index (Phi) is 4.77. The predicted octanol–water partition coefficient (Wildman–Crippen LogP) is 2.08. The standard InChI is InChI=1S/C12H20O4/c1-3-9-5-8(7-11(13)14)6-10(9)12(15)16-4-2/h8-10H,3-7H2,1-2H3,(H,13,14)/t8-,9-,10?/m1/s1. The van der Waals surface area contributed by atoms with Gasteiger partial charge in [-0.25, -0.2) is 0 Å². The van der Waals surface area contributed by atoms with Gasteiger partial charge in [-0.05, 0) is 31.6 Å². The normalized spacial score (nSPS) is 29.0. The number of carboxylic acid groups (broad SMARTS) is 1. The highest BCUT2D eigenvalue weighted by Gasteiger charge is 2.39. The van der Waals surface area contributed by atoms with Gasteiger partial charge in [-0.3, -0.25) is 9.59 Å². The molecule has 1 fully saturated rings. The number of hydrogen-bond donors (Lipinski definition) is 1. The van der Waals surface area contributed by atoms with Crippen molar-refractivity contribution in [2.24, 2.45) is 17.8 Å². The lowest BCUT2D eigenvalue weighted by molar-refractivity contribution is -0.149. The molecule has 16 heavy (non-hydrogen) atoms. The second kappa shape index (κ2) is 5.87. The highest BCUT2D eigenvalue weighted by atomic mass is 16.5. The van der Waals surface area contributed by atoms with Crippen LogP contribution >= 0.6 is 0 Å². The number of esters is 1. The van der Waals surface area contributed by atoms with Crippen LogP contribution in [0.5, 0.6) is 0 Å². The van der Waals surface area contributed by atoms with Gasteiger partial charge in [0, 0.05) is 6.42 Å². The number of aliphatic carboxylic acids is 1. The first-order valence-corrected chi connectivity index (χ1v) is 5.96. The van der Waals surface area contributed by atoms with E-state index in [4.69, 9.17) is 9.84 Å². The molecule has 0 aromatic carbocycles. The molecule has 3 atom stereocenters. The number of rotatable bonds is 5. The lowest BCUT2D eigenvalue weighted by Gasteiger charge is -2.15. The summed E-state index contributed by atoms with van der Waals surface area (Å²) in [5.41, 5.74) is 0. The molecule has 1 aliphatic carbocycles. The predicted molar refractivity (Wildman–Crippen MR) is 58.9 cm³/mol. The van der Waals surface area contributed by atoms with E-state index in [1.54, 1.807) is 6.92 Å². The van der Waals surface area contributed by atoms with Gasteiger partial charge in [-0.1, -0.05) is 13.3 Å². The van der Waals surface area contributed by atoms with Crippen molar-refractivity contribution in [2.45, 2.75) is 39.5 Å². The van der Waals surface area contributed by atoms with Crippen molar-refractivity contribution < 1.29 is 19.4 Å². The van der Waals surface area contributed by atoms with Gasteiger partial charge in [-0.2, -0.15) is 0 Å². The Balaban J connectivity index is 2.56. The third-order valence-corrected chi connectivity index (χ3v) is 3.37. The fourth-order valence-corrected chi connectivity index (χ4v) is 2.64. The van der Waals surface area contributed by atoms with Gasteiger partial charge >= 0.3 is 11.9 Å². The molecule has 1 unspecified atom stereocenters. The highest BCUT2D eigenvalue weighted by Crippen LogP contribution is 2.40. The van der Waals surface area contributed by atoms with E-state index < -0.39 is 5.97 Å². The van der Waals surface area contributed by atoms with E-state index >= 15 is 0 Å². The molecule has 0 aromatic heterocycles. The lowest BCUT2D eigenvalue weighted by Crippen LogP contribution is -2.21. The maximum absolute atomic E-state index is 11.7. The molecule has 1 rings (SSSR count). The van der Waals surface area contributed by atoms with Crippen LogP contribution in [0.4, 0.5) is 0 Å². The summed E-state index contributed by atoms with van der Waals surface area (Å²) < 4.78 is 5.02. The SMILES string of the molecule is CCOC(=O)C1C[C@H](CC(=O)O)C[C@H]1CC. The molecular weight excluding hydrogens is 208 g/mol. The number of carbonyl (C=O) groups excluding carboxylic acids is 1. The van der Waals surface area contributed by atoms with Crippen LogP contribution in [-0.4, -0.2) is 23.7 Å². The highest BCUT2D eigenvalue weighted by molar-refractivity contribution is 5.73. The minimum absolute atomic E-state index is 0.0886. The molecule has 0 bridgehead atoms. The second-order valence-electron chi connectivity index (χ2n) is 4.46. The molecule has 92 valence electrons. The summed E-state index contributed by atoms with van der Waals surface area (Å²) in [6.07, 6.45) is 2.60. The fraction of sp³-hybridized carbons (Fsp3) is 0.833. The van der Waals surface area contributed by atoms with Crippen LogP contribution in [0.2, 0.25) is 0 Å². The summed E-state index contributed by atoms with van der Waals surface area (Å²) in [6, 6.07) is 0. The first kappa shape index (κ1) is 13.0. The van der Waals surface area contributed by atoms with E-state index in [9.17, 15) is 9.59 Å². The second-order valence-corrected chi connectivity index (χ2v) is 4.46. The molecule has 0 amide bonds. The van der Waals surface area contributed by atoms with Crippen LogP contribution in [0, 0.1) is 17.8 Å². The summed E-state index contributed by atoms with van der Waals surface area (Å²) in [7, 11) is 0. The third kappa shape index (κ3) is 3.22. The molecule has 4 heteroatoms. The Bertz CT molecular complexity index is 262. The van der Waals surface area contributed by atoms with Gasteiger partial charge in [0.05, 0.1) is 12.5 Å². The molecule has 0 aromatic rings. The van der Waals surface area contributed by atoms with Crippen molar-refractivity contribution in [3.8, 4) is 0 Å². The quantitative estimate of drug-likeness (QED) is 0.732. The van der Waals surface area contributed by atoms with Crippen molar-refractivity contribution in [3.63, 3.8) is 0 Å². The molecule has 0 radical (unpaired) electrons. The Morgan fingerprint density at radius 1 is 1.31 bits per heavy atom. The zero-order valence-corrected chi connectivity index (χ0v) is 9.94. The average molecular weight is 228 g/mol. The smallest absolute Gasteiger partial charge is 0.309 e. The third-order valence-electron chi connectivity index (χ3n) is 3.37. The van der Waals surface area contributed by atoms with E-state index in [1.807, 2.05) is 6.92 Å². The first-order chi connectivity index (χ1) is 7.58. The summed E-state index contributed by atoms with van der Waals surface area (Å²) in [4.78, 5) is 22.3. The van der Waals surface area contributed by atoms with Crippen LogP contribution in [0.1, 0.15) is 39.5 Å². The van der Waals surface area contributed by atoms with Crippen molar-refractivity contribution in [2.75, 3.05) is 6.61 Å². The van der Waals surface area contributed by atoms with Crippen molar-refractivity contribution in [1.82, 2.24) is 0 Å². The minimum atomic E-state index is -0.774. The molecule has 4 nitrogen and oxygen atoms in total. The van der Waals surface area contributed by atoms with Crippen LogP contribution in [-0.2, 0) is 14.3 Å². The molecular formula is C12H20O4. The van der Waals surface area contributed by atoms with E-state index in [1.165, 1.54) is 0 Å². The minimum Gasteiger partial charge on any atom is -0.481 e. The molecule has 1 saturated carbocycles. The average Bonchev–Trinajstić information content (AvgIpc) is 2.60. The van der Waals surface area contributed by atoms with Gasteiger partial charge < -0.3 is 9.84 Å². The van der Waals surface area contributed by atoms with Crippen LogP contribution in [0.25, 0.3) is 0 Å². The van der Waals surface area contributed by atoms with Gasteiger partial charge in [0.25, 0.3) is 0 Å². The number of carboxylic acids is 1. The van der Waals surface area contributed by atoms with Crippen LogP contribution < -0.4 is 0 Å². The Morgan fingerprint density at radius 3 is 2.50 bits per heavy atom. The molecule has 0 saturated heterocycles. The maximum atomic E-state index is 11.7. The Morgan fingerprint density at radius 2 is 2.00 bits per heavy atom. The molecule has 1 N–H and O–H groups in total. The Hall–Kier alpha value is -1.06. The van der Waals surface area contributed by atoms with Crippen LogP contribution in [0.3, 0.4) is 0 Å². The Labute approximate surface area is 96.0 Å². The van der Waals surface area contributed by atoms with Crippen molar-refractivity contribution in [1.29, 1.82) is 0 Å². The monoisotopic (exact) mass is 228 g/mol. The number of hydrogen-bond acceptors (Lipinski definition) is 3. The summed E-state index contributed by atoms with van der Waals surface area (Å²) >= 11 is 0. The number of ether oxygens (including phenoxy) is 1. The molecule has 0 spiro atoms. The van der Waals surface area contributed by atoms with E-state index in [0.29, 0.717) is 18.9 Å². The van der Waals surface area contributed by atoms with Crippen molar-refractivity contribution >= 4 is 11.9 Å². The largest absolute Gasteiger partial charge is 0.481 e. The fourth-order valence-electron chi connectivity index (χ4n) is 2.64. The lowest BCUT2D eigenvalue weighted by atomic mass is 9.94. The summed E-state index contributed by atoms with van der Waals surface area (Å²) in [5, 5.41) is 8.74. The van der Waals surface area contributed by atoms with E-state index in [2.05, 4.69) is 0 Å². The van der Waals surface area contributed by atoms with Crippen LogP contribution in [0.15, 0.2) is 0 Å². The number of carbonyl (C=O) groups is 2. The molecule has 0 heterocycles. The van der Waals surface area contributed by atoms with Gasteiger partial charge in [0.2, 0.25) is 0 Å².